The Morgan fingerprint density at radius 1 is 1.45 bits per heavy atom. The fourth-order valence-electron chi connectivity index (χ4n) is 1.71. The molecule has 1 N–H and O–H groups in total. The van der Waals surface area contributed by atoms with Gasteiger partial charge in [0.2, 0.25) is 5.91 Å². The number of nitro benzene ring substituents is 1. The number of para-hydroxylation sites is 1. The van der Waals surface area contributed by atoms with Gasteiger partial charge in [0.05, 0.1) is 18.0 Å². The van der Waals surface area contributed by atoms with Crippen LogP contribution in [0.5, 0.6) is 0 Å². The predicted molar refractivity (Wildman–Crippen MR) is 77.3 cm³/mol. The van der Waals surface area contributed by atoms with Crippen LogP contribution < -0.4 is 5.32 Å². The molecule has 1 aromatic carbocycles. The van der Waals surface area contributed by atoms with E-state index in [9.17, 15) is 14.9 Å². The van der Waals surface area contributed by atoms with Crippen molar-refractivity contribution in [1.82, 2.24) is 10.2 Å². The van der Waals surface area contributed by atoms with Crippen molar-refractivity contribution in [3.63, 3.8) is 0 Å². The van der Waals surface area contributed by atoms with Gasteiger partial charge in [0.1, 0.15) is 0 Å². The third-order valence-corrected chi connectivity index (χ3v) is 3.24. The van der Waals surface area contributed by atoms with Gasteiger partial charge in [-0.1, -0.05) is 25.1 Å². The minimum atomic E-state index is -0.426. The second-order valence-corrected chi connectivity index (χ2v) is 4.83. The summed E-state index contributed by atoms with van der Waals surface area (Å²) in [4.78, 5) is 23.9. The van der Waals surface area contributed by atoms with E-state index in [0.717, 1.165) is 6.42 Å². The SMILES string of the molecule is CCC(C)NCC(=O)N(C)Cc1ccccc1[N+](=O)[O-]. The van der Waals surface area contributed by atoms with Gasteiger partial charge in [0.25, 0.3) is 5.69 Å². The highest BCUT2D eigenvalue weighted by atomic mass is 16.6. The molecule has 0 aromatic heterocycles. The lowest BCUT2D eigenvalue weighted by Crippen LogP contribution is -2.38. The van der Waals surface area contributed by atoms with E-state index in [0.29, 0.717) is 5.56 Å². The zero-order valence-corrected chi connectivity index (χ0v) is 12.1. The van der Waals surface area contributed by atoms with E-state index in [1.54, 1.807) is 25.2 Å². The second kappa shape index (κ2) is 7.59. The summed E-state index contributed by atoms with van der Waals surface area (Å²) in [6.45, 7) is 4.53. The van der Waals surface area contributed by atoms with E-state index in [4.69, 9.17) is 0 Å². The molecule has 1 amide bonds. The molecule has 0 fully saturated rings. The molecule has 0 aliphatic heterocycles. The van der Waals surface area contributed by atoms with E-state index < -0.39 is 4.92 Å². The van der Waals surface area contributed by atoms with Crippen LogP contribution >= 0.6 is 0 Å². The first-order valence-corrected chi connectivity index (χ1v) is 6.65. The van der Waals surface area contributed by atoms with Crippen LogP contribution in [0.3, 0.4) is 0 Å². The van der Waals surface area contributed by atoms with Crippen molar-refractivity contribution in [2.75, 3.05) is 13.6 Å². The largest absolute Gasteiger partial charge is 0.340 e. The monoisotopic (exact) mass is 279 g/mol. The maximum absolute atomic E-state index is 11.9. The molecule has 1 unspecified atom stereocenters. The highest BCUT2D eigenvalue weighted by Gasteiger charge is 2.16. The topological polar surface area (TPSA) is 75.5 Å². The number of benzene rings is 1. The van der Waals surface area contributed by atoms with Crippen LogP contribution in [0, 0.1) is 10.1 Å². The molecule has 0 bridgehead atoms. The molecule has 6 heteroatoms. The van der Waals surface area contributed by atoms with E-state index in [1.807, 2.05) is 13.8 Å². The summed E-state index contributed by atoms with van der Waals surface area (Å²) in [6, 6.07) is 6.75. The van der Waals surface area contributed by atoms with E-state index in [-0.39, 0.29) is 30.7 Å². The van der Waals surface area contributed by atoms with Gasteiger partial charge in [0.15, 0.2) is 0 Å². The number of hydrogen-bond donors (Lipinski definition) is 1. The summed E-state index contributed by atoms with van der Waals surface area (Å²) in [6.07, 6.45) is 0.946. The molecule has 0 saturated heterocycles. The number of likely N-dealkylation sites (N-methyl/N-ethyl adjacent to an activating group) is 1. The Bertz CT molecular complexity index is 476. The molecule has 1 rings (SSSR count). The van der Waals surface area contributed by atoms with Gasteiger partial charge in [-0.25, -0.2) is 0 Å². The number of hydrogen-bond acceptors (Lipinski definition) is 4. The Balaban J connectivity index is 2.64. The molecular weight excluding hydrogens is 258 g/mol. The van der Waals surface area contributed by atoms with E-state index >= 15 is 0 Å². The van der Waals surface area contributed by atoms with Crippen LogP contribution in [-0.2, 0) is 11.3 Å². The minimum Gasteiger partial charge on any atom is -0.340 e. The fraction of sp³-hybridized carbons (Fsp3) is 0.500. The molecule has 0 aliphatic carbocycles. The Morgan fingerprint density at radius 2 is 2.10 bits per heavy atom. The predicted octanol–water partition coefficient (Wildman–Crippen LogP) is 1.94. The first-order valence-electron chi connectivity index (χ1n) is 6.65. The summed E-state index contributed by atoms with van der Waals surface area (Å²) in [5.74, 6) is -0.0801. The van der Waals surface area contributed by atoms with Crippen LogP contribution in [-0.4, -0.2) is 35.4 Å². The second-order valence-electron chi connectivity index (χ2n) is 4.83. The molecule has 0 aliphatic rings. The fourth-order valence-corrected chi connectivity index (χ4v) is 1.71. The molecule has 20 heavy (non-hydrogen) atoms. The van der Waals surface area contributed by atoms with Gasteiger partial charge in [-0.3, -0.25) is 14.9 Å². The van der Waals surface area contributed by atoms with Gasteiger partial charge in [0, 0.05) is 24.7 Å². The summed E-state index contributed by atoms with van der Waals surface area (Å²) in [5, 5.41) is 14.0. The number of amides is 1. The van der Waals surface area contributed by atoms with Crippen molar-refractivity contribution in [2.45, 2.75) is 32.9 Å². The van der Waals surface area contributed by atoms with Crippen molar-refractivity contribution >= 4 is 11.6 Å². The first-order chi connectivity index (χ1) is 9.45. The zero-order valence-electron chi connectivity index (χ0n) is 12.1. The maximum atomic E-state index is 11.9. The lowest BCUT2D eigenvalue weighted by molar-refractivity contribution is -0.385. The molecule has 1 atom stereocenters. The normalized spacial score (nSPS) is 11.9. The lowest BCUT2D eigenvalue weighted by Gasteiger charge is -2.19. The van der Waals surface area contributed by atoms with Gasteiger partial charge in [-0.15, -0.1) is 0 Å². The Morgan fingerprint density at radius 3 is 2.70 bits per heavy atom. The van der Waals surface area contributed by atoms with Crippen molar-refractivity contribution in [3.8, 4) is 0 Å². The standard InChI is InChI=1S/C14H21N3O3/c1-4-11(2)15-9-14(18)16(3)10-12-7-5-6-8-13(12)17(19)20/h5-8,11,15H,4,9-10H2,1-3H3. The number of carbonyl (C=O) groups excluding carboxylic acids is 1. The van der Waals surface area contributed by atoms with Crippen molar-refractivity contribution in [1.29, 1.82) is 0 Å². The molecule has 0 radical (unpaired) electrons. The zero-order chi connectivity index (χ0) is 15.1. The van der Waals surface area contributed by atoms with Gasteiger partial charge < -0.3 is 10.2 Å². The molecule has 0 heterocycles. The number of nitrogens with one attached hydrogen (secondary N) is 1. The first kappa shape index (κ1) is 16.1. The van der Waals surface area contributed by atoms with Crippen LogP contribution in [0.1, 0.15) is 25.8 Å². The van der Waals surface area contributed by atoms with Gasteiger partial charge >= 0.3 is 0 Å². The number of nitrogens with zero attached hydrogens (tertiary/aromatic N) is 2. The highest BCUT2D eigenvalue weighted by molar-refractivity contribution is 5.78. The van der Waals surface area contributed by atoms with Crippen molar-refractivity contribution < 1.29 is 9.72 Å². The number of carbonyl (C=O) groups is 1. The average molecular weight is 279 g/mol. The van der Waals surface area contributed by atoms with Crippen LogP contribution in [0.25, 0.3) is 0 Å². The summed E-state index contributed by atoms with van der Waals surface area (Å²) >= 11 is 0. The minimum absolute atomic E-state index is 0.0436. The maximum Gasteiger partial charge on any atom is 0.274 e. The van der Waals surface area contributed by atoms with Crippen LogP contribution in [0.15, 0.2) is 24.3 Å². The number of nitro groups is 1. The van der Waals surface area contributed by atoms with Crippen molar-refractivity contribution in [2.24, 2.45) is 0 Å². The third-order valence-electron chi connectivity index (χ3n) is 3.24. The van der Waals surface area contributed by atoms with E-state index in [2.05, 4.69) is 5.32 Å². The quantitative estimate of drug-likeness (QED) is 0.611. The van der Waals surface area contributed by atoms with Gasteiger partial charge in [-0.2, -0.15) is 0 Å². The molecular formula is C14H21N3O3. The molecule has 1 aromatic rings. The highest BCUT2D eigenvalue weighted by Crippen LogP contribution is 2.18. The van der Waals surface area contributed by atoms with Crippen LogP contribution in [0.2, 0.25) is 0 Å². The number of rotatable bonds is 7. The molecule has 0 saturated carbocycles. The van der Waals surface area contributed by atoms with Crippen molar-refractivity contribution in [3.05, 3.63) is 39.9 Å². The lowest BCUT2D eigenvalue weighted by atomic mass is 10.1. The average Bonchev–Trinajstić information content (AvgIpc) is 2.44. The molecule has 6 nitrogen and oxygen atoms in total. The Labute approximate surface area is 118 Å². The Hall–Kier alpha value is -1.95. The van der Waals surface area contributed by atoms with E-state index in [1.165, 1.54) is 11.0 Å². The molecule has 110 valence electrons. The Kier molecular flexibility index (Phi) is 6.11. The van der Waals surface area contributed by atoms with Crippen LogP contribution in [0.4, 0.5) is 5.69 Å². The summed E-state index contributed by atoms with van der Waals surface area (Å²) in [5.41, 5.74) is 0.582. The smallest absolute Gasteiger partial charge is 0.274 e. The summed E-state index contributed by atoms with van der Waals surface area (Å²) < 4.78 is 0. The van der Waals surface area contributed by atoms with Gasteiger partial charge in [-0.05, 0) is 13.3 Å². The third kappa shape index (κ3) is 4.62. The summed E-state index contributed by atoms with van der Waals surface area (Å²) in [7, 11) is 1.65. The molecule has 0 spiro atoms.